The Balaban J connectivity index is 2.73. The largest absolute Gasteiger partial charge is 0.254 e. The van der Waals surface area contributed by atoms with Crippen LogP contribution in [0.25, 0.3) is 0 Å². The van der Waals surface area contributed by atoms with Crippen LogP contribution < -0.4 is 0 Å². The second-order valence-corrected chi connectivity index (χ2v) is 5.27. The summed E-state index contributed by atoms with van der Waals surface area (Å²) >= 11 is 11.7. The van der Waals surface area contributed by atoms with Gasteiger partial charge in [0.2, 0.25) is 0 Å². The lowest BCUT2D eigenvalue weighted by atomic mass is 10.4. The zero-order valence-electron chi connectivity index (χ0n) is 7.87. The first-order valence-corrected chi connectivity index (χ1v) is 6.43. The van der Waals surface area contributed by atoms with E-state index < -0.39 is 10.8 Å². The van der Waals surface area contributed by atoms with Crippen molar-refractivity contribution in [3.63, 3.8) is 0 Å². The molecule has 1 rings (SSSR count). The van der Waals surface area contributed by atoms with Crippen LogP contribution in [0.2, 0.25) is 10.0 Å². The molecule has 1 aromatic rings. The van der Waals surface area contributed by atoms with Gasteiger partial charge >= 0.3 is 0 Å². The monoisotopic (exact) mass is 261 g/mol. The van der Waals surface area contributed by atoms with Gasteiger partial charge in [-0.25, -0.2) is 0 Å². The van der Waals surface area contributed by atoms with Gasteiger partial charge in [-0.2, -0.15) is 5.26 Å². The fourth-order valence-corrected chi connectivity index (χ4v) is 2.83. The molecule has 0 aromatic heterocycles. The third-order valence-corrected chi connectivity index (χ3v) is 3.92. The van der Waals surface area contributed by atoms with E-state index in [1.807, 2.05) is 6.07 Å². The Morgan fingerprint density at radius 1 is 1.40 bits per heavy atom. The lowest BCUT2D eigenvalue weighted by Crippen LogP contribution is -1.98. The van der Waals surface area contributed by atoms with Gasteiger partial charge in [0.05, 0.1) is 26.8 Å². The molecule has 0 aliphatic heterocycles. The summed E-state index contributed by atoms with van der Waals surface area (Å²) in [5.74, 6) is 0.438. The van der Waals surface area contributed by atoms with Crippen molar-refractivity contribution in [2.24, 2.45) is 0 Å². The summed E-state index contributed by atoms with van der Waals surface area (Å²) in [5.41, 5.74) is 0. The first-order valence-electron chi connectivity index (χ1n) is 4.35. The van der Waals surface area contributed by atoms with E-state index >= 15 is 0 Å². The van der Waals surface area contributed by atoms with Gasteiger partial charge in [-0.3, -0.25) is 4.21 Å². The SMILES string of the molecule is N#CCCCS(=O)c1cc(Cl)ccc1Cl. The molecule has 0 aliphatic carbocycles. The second-order valence-electron chi connectivity index (χ2n) is 2.89. The highest BCUT2D eigenvalue weighted by atomic mass is 35.5. The van der Waals surface area contributed by atoms with E-state index in [0.29, 0.717) is 33.5 Å². The number of halogens is 2. The van der Waals surface area contributed by atoms with Crippen molar-refractivity contribution in [3.05, 3.63) is 28.2 Å². The average Bonchev–Trinajstić information content (AvgIpc) is 2.22. The normalized spacial score (nSPS) is 12.1. The number of nitriles is 1. The molecule has 0 saturated heterocycles. The summed E-state index contributed by atoms with van der Waals surface area (Å²) in [5, 5.41) is 9.32. The molecule has 1 atom stereocenters. The Hall–Kier alpha value is -0.560. The van der Waals surface area contributed by atoms with Crippen molar-refractivity contribution >= 4 is 34.0 Å². The molecule has 0 radical (unpaired) electrons. The van der Waals surface area contributed by atoms with Gasteiger partial charge in [0.15, 0.2) is 0 Å². The minimum Gasteiger partial charge on any atom is -0.254 e. The van der Waals surface area contributed by atoms with Gasteiger partial charge in [-0.05, 0) is 24.6 Å². The number of rotatable bonds is 4. The summed E-state index contributed by atoms with van der Waals surface area (Å²) in [6.45, 7) is 0. The summed E-state index contributed by atoms with van der Waals surface area (Å²) in [4.78, 5) is 0.544. The van der Waals surface area contributed by atoms with E-state index in [-0.39, 0.29) is 0 Å². The van der Waals surface area contributed by atoms with E-state index in [4.69, 9.17) is 28.5 Å². The fraction of sp³-hybridized carbons (Fsp3) is 0.300. The number of nitrogens with zero attached hydrogens (tertiary/aromatic N) is 1. The summed E-state index contributed by atoms with van der Waals surface area (Å²) in [6.07, 6.45) is 1.01. The van der Waals surface area contributed by atoms with Crippen LogP contribution in [0.3, 0.4) is 0 Å². The molecule has 0 spiro atoms. The van der Waals surface area contributed by atoms with Crippen molar-refractivity contribution < 1.29 is 4.21 Å². The molecular formula is C10H9Cl2NOS. The molecule has 0 bridgehead atoms. The van der Waals surface area contributed by atoms with Crippen LogP contribution in [0.15, 0.2) is 23.1 Å². The molecule has 0 amide bonds. The number of benzene rings is 1. The lowest BCUT2D eigenvalue weighted by Gasteiger charge is -2.03. The molecule has 0 N–H and O–H groups in total. The fourth-order valence-electron chi connectivity index (χ4n) is 1.04. The molecule has 0 heterocycles. The quantitative estimate of drug-likeness (QED) is 0.780. The van der Waals surface area contributed by atoms with Crippen LogP contribution in [0.1, 0.15) is 12.8 Å². The van der Waals surface area contributed by atoms with Crippen LogP contribution in [0.5, 0.6) is 0 Å². The molecule has 0 saturated carbocycles. The molecular weight excluding hydrogens is 253 g/mol. The van der Waals surface area contributed by atoms with Crippen molar-refractivity contribution in [1.29, 1.82) is 5.26 Å². The van der Waals surface area contributed by atoms with Crippen LogP contribution in [0, 0.1) is 11.3 Å². The maximum absolute atomic E-state index is 11.8. The molecule has 5 heteroatoms. The van der Waals surface area contributed by atoms with Crippen LogP contribution in [-0.2, 0) is 10.8 Å². The van der Waals surface area contributed by atoms with Gasteiger partial charge < -0.3 is 0 Å². The zero-order chi connectivity index (χ0) is 11.3. The van der Waals surface area contributed by atoms with Gasteiger partial charge in [-0.15, -0.1) is 0 Å². The Labute approximate surface area is 101 Å². The van der Waals surface area contributed by atoms with E-state index in [0.717, 1.165) is 0 Å². The van der Waals surface area contributed by atoms with Crippen LogP contribution in [0.4, 0.5) is 0 Å². The topological polar surface area (TPSA) is 40.9 Å². The average molecular weight is 262 g/mol. The Morgan fingerprint density at radius 2 is 2.13 bits per heavy atom. The van der Waals surface area contributed by atoms with Gasteiger partial charge in [0.25, 0.3) is 0 Å². The highest BCUT2D eigenvalue weighted by Crippen LogP contribution is 2.24. The molecule has 0 aliphatic rings. The Kier molecular flexibility index (Phi) is 5.10. The number of unbranched alkanes of at least 4 members (excludes halogenated alkanes) is 1. The Morgan fingerprint density at radius 3 is 2.80 bits per heavy atom. The highest BCUT2D eigenvalue weighted by Gasteiger charge is 2.08. The lowest BCUT2D eigenvalue weighted by molar-refractivity contribution is 0.681. The maximum atomic E-state index is 11.8. The zero-order valence-corrected chi connectivity index (χ0v) is 10.2. The van der Waals surface area contributed by atoms with Gasteiger partial charge in [0.1, 0.15) is 0 Å². The minimum atomic E-state index is -1.17. The maximum Gasteiger partial charge on any atom is 0.0622 e. The third kappa shape index (κ3) is 3.83. The first-order chi connectivity index (χ1) is 7.15. The second kappa shape index (κ2) is 6.12. The third-order valence-electron chi connectivity index (χ3n) is 1.76. The first kappa shape index (κ1) is 12.5. The number of hydrogen-bond donors (Lipinski definition) is 0. The molecule has 2 nitrogen and oxygen atoms in total. The van der Waals surface area contributed by atoms with Crippen LogP contribution in [-0.4, -0.2) is 9.96 Å². The Bertz CT molecular complexity index is 414. The van der Waals surface area contributed by atoms with Crippen molar-refractivity contribution in [3.8, 4) is 6.07 Å². The predicted octanol–water partition coefficient (Wildman–Crippen LogP) is 3.40. The van der Waals surface area contributed by atoms with E-state index in [1.165, 1.54) is 0 Å². The van der Waals surface area contributed by atoms with E-state index in [2.05, 4.69) is 0 Å². The number of hydrogen-bond acceptors (Lipinski definition) is 2. The smallest absolute Gasteiger partial charge is 0.0622 e. The highest BCUT2D eigenvalue weighted by molar-refractivity contribution is 7.85. The molecule has 0 fully saturated rings. The summed E-state index contributed by atoms with van der Waals surface area (Å²) in [7, 11) is -1.17. The predicted molar refractivity (Wildman–Crippen MR) is 62.6 cm³/mol. The van der Waals surface area contributed by atoms with Gasteiger partial charge in [-0.1, -0.05) is 23.2 Å². The van der Waals surface area contributed by atoms with Crippen molar-refractivity contribution in [1.82, 2.24) is 0 Å². The molecule has 1 unspecified atom stereocenters. The minimum absolute atomic E-state index is 0.407. The van der Waals surface area contributed by atoms with E-state index in [1.54, 1.807) is 18.2 Å². The van der Waals surface area contributed by atoms with Crippen LogP contribution >= 0.6 is 23.2 Å². The van der Waals surface area contributed by atoms with Crippen molar-refractivity contribution in [2.45, 2.75) is 17.7 Å². The standard InChI is InChI=1S/C10H9Cl2NOS/c11-8-3-4-9(12)10(7-8)15(14)6-2-1-5-13/h3-4,7H,1-2,6H2. The molecule has 15 heavy (non-hydrogen) atoms. The molecule has 1 aromatic carbocycles. The summed E-state index contributed by atoms with van der Waals surface area (Å²) in [6, 6.07) is 6.89. The van der Waals surface area contributed by atoms with Gasteiger partial charge in [0, 0.05) is 17.2 Å². The van der Waals surface area contributed by atoms with E-state index in [9.17, 15) is 4.21 Å². The summed E-state index contributed by atoms with van der Waals surface area (Å²) < 4.78 is 11.8. The van der Waals surface area contributed by atoms with Crippen molar-refractivity contribution in [2.75, 3.05) is 5.75 Å². The molecule has 80 valence electrons.